The van der Waals surface area contributed by atoms with Crippen LogP contribution in [0, 0.1) is 14.3 Å². The molecule has 0 aliphatic carbocycles. The minimum absolute atomic E-state index is 0.0117. The molecule has 4 aromatic rings. The van der Waals surface area contributed by atoms with Crippen LogP contribution in [0.5, 0.6) is 0 Å². The molecular weight excluding hydrogens is 888 g/mol. The molecule has 0 aromatic heterocycles. The summed E-state index contributed by atoms with van der Waals surface area (Å²) in [6.07, 6.45) is 1.01. The summed E-state index contributed by atoms with van der Waals surface area (Å²) in [5, 5.41) is 0. The molecule has 0 amide bonds. The average molecular weight is 912 g/mol. The fourth-order valence-electron chi connectivity index (χ4n) is 3.84. The maximum Gasteiger partial charge on any atom is 0.485 e. The second kappa shape index (κ2) is 14.9. The van der Waals surface area contributed by atoms with Gasteiger partial charge in [-0.3, -0.25) is 0 Å². The molecule has 46 heavy (non-hydrogen) atoms. The van der Waals surface area contributed by atoms with Crippen molar-refractivity contribution >= 4 is 20.2 Å². The largest absolute Gasteiger partial charge is 0.741 e. The summed E-state index contributed by atoms with van der Waals surface area (Å²) in [5.41, 5.74) is -5.71. The summed E-state index contributed by atoms with van der Waals surface area (Å²) in [7, 11) is -12.2. The van der Waals surface area contributed by atoms with Crippen LogP contribution in [0.2, 0.25) is 0 Å². The van der Waals surface area contributed by atoms with Gasteiger partial charge in [0.15, 0.2) is 34.5 Å². The van der Waals surface area contributed by atoms with Crippen LogP contribution in [0.1, 0.15) is 36.1 Å². The van der Waals surface area contributed by atoms with Gasteiger partial charge < -0.3 is 9.11 Å². The van der Waals surface area contributed by atoms with E-state index in [4.69, 9.17) is 25.9 Å². The van der Waals surface area contributed by atoms with E-state index in [1.807, 2.05) is 0 Å². The fourth-order valence-corrected chi connectivity index (χ4v) is 8.16. The van der Waals surface area contributed by atoms with E-state index in [-0.39, 0.29) is 47.8 Å². The molecule has 0 radical (unpaired) electrons. The molecule has 0 saturated carbocycles. The van der Waals surface area contributed by atoms with E-state index in [2.05, 4.69) is 111 Å². The third-order valence-electron chi connectivity index (χ3n) is 6.37. The number of benzene rings is 4. The predicted octanol–water partition coefficient (Wildman–Crippen LogP) is 0.276. The van der Waals surface area contributed by atoms with Crippen LogP contribution in [-0.2, 0) is 32.1 Å². The van der Waals surface area contributed by atoms with E-state index in [1.54, 1.807) is 0 Å². The number of hydrogen-bond acceptors (Lipinski definition) is 6. The number of hydrogen-bond donors (Lipinski definition) is 0. The zero-order valence-corrected chi connectivity index (χ0v) is 29.7. The van der Waals surface area contributed by atoms with Crippen molar-refractivity contribution < 1.29 is 94.7 Å². The van der Waals surface area contributed by atoms with Gasteiger partial charge >= 0.3 is 53.4 Å². The lowest BCUT2D eigenvalue weighted by molar-refractivity contribution is -0.597. The third kappa shape index (κ3) is 10.9. The van der Waals surface area contributed by atoms with E-state index >= 15 is 0 Å². The minimum atomic E-state index is -6.09. The molecule has 0 fully saturated rings. The van der Waals surface area contributed by atoms with Gasteiger partial charge in [-0.2, -0.15) is 26.3 Å². The average Bonchev–Trinajstić information content (AvgIpc) is 2.94. The maximum absolute atomic E-state index is 10.7. The Kier molecular flexibility index (Phi) is 12.4. The van der Waals surface area contributed by atoms with Gasteiger partial charge in [-0.05, 0) is 77.2 Å². The van der Waals surface area contributed by atoms with Crippen molar-refractivity contribution in [2.24, 2.45) is 0 Å². The molecule has 0 spiro atoms. The molecular formula is C30H24F6I2O6S2. The van der Waals surface area contributed by atoms with E-state index in [0.717, 1.165) is 6.42 Å². The molecule has 0 atom stereocenters. The van der Waals surface area contributed by atoms with E-state index < -0.39 is 31.3 Å². The van der Waals surface area contributed by atoms with Crippen LogP contribution >= 0.6 is 0 Å². The third-order valence-corrected chi connectivity index (χ3v) is 12.9. The SMILES string of the molecule is CC1(C)c2ccc(cc2)[I+]c2ccc(cc2)Cc2ccc(cc2)[I+]c2ccc1cc2.O=S(=O)([O-])C(F)(F)F.O=S(=O)([O-])C(F)(F)F. The maximum atomic E-state index is 10.7. The van der Waals surface area contributed by atoms with Gasteiger partial charge in [0.2, 0.25) is 0 Å². The molecule has 16 heteroatoms. The first-order chi connectivity index (χ1) is 21.1. The second-order valence-electron chi connectivity index (χ2n) is 10.1. The van der Waals surface area contributed by atoms with Gasteiger partial charge in [-0.25, -0.2) is 16.8 Å². The normalized spacial score (nSPS) is 14.6. The molecule has 8 bridgehead atoms. The Morgan fingerprint density at radius 2 is 0.739 bits per heavy atom. The van der Waals surface area contributed by atoms with Gasteiger partial charge in [0, 0.05) is 5.41 Å². The molecule has 0 unspecified atom stereocenters. The first kappa shape index (κ1) is 38.2. The Labute approximate surface area is 283 Å². The Bertz CT molecular complexity index is 1690. The van der Waals surface area contributed by atoms with Crippen molar-refractivity contribution in [1.82, 2.24) is 0 Å². The Morgan fingerprint density at radius 1 is 0.522 bits per heavy atom. The van der Waals surface area contributed by atoms with Gasteiger partial charge in [-0.1, -0.05) is 62.4 Å². The Hall–Kier alpha value is -2.26. The van der Waals surface area contributed by atoms with Crippen molar-refractivity contribution in [2.45, 2.75) is 36.7 Å². The molecule has 7 heterocycles. The van der Waals surface area contributed by atoms with Crippen LogP contribution in [0.25, 0.3) is 0 Å². The van der Waals surface area contributed by atoms with E-state index in [9.17, 15) is 26.3 Å². The molecule has 7 aliphatic heterocycles. The summed E-state index contributed by atoms with van der Waals surface area (Å²) in [5.74, 6) is 0. The molecule has 11 rings (SSSR count). The number of halogens is 8. The van der Waals surface area contributed by atoms with Crippen LogP contribution in [0.3, 0.4) is 0 Å². The molecule has 0 saturated heterocycles. The summed E-state index contributed by atoms with van der Waals surface area (Å²) < 4.78 is 124. The van der Waals surface area contributed by atoms with Crippen molar-refractivity contribution in [3.8, 4) is 0 Å². The van der Waals surface area contributed by atoms with Crippen LogP contribution in [-0.4, -0.2) is 37.0 Å². The summed E-state index contributed by atoms with van der Waals surface area (Å²) >= 11 is -0.285. The summed E-state index contributed by atoms with van der Waals surface area (Å²) in [4.78, 5) is 0. The first-order valence-electron chi connectivity index (χ1n) is 12.8. The lowest BCUT2D eigenvalue weighted by Gasteiger charge is -2.25. The van der Waals surface area contributed by atoms with E-state index in [1.165, 1.54) is 36.5 Å². The number of alkyl halides is 6. The van der Waals surface area contributed by atoms with Gasteiger partial charge in [-0.15, -0.1) is 0 Å². The lowest BCUT2D eigenvalue weighted by Crippen LogP contribution is -3.61. The van der Waals surface area contributed by atoms with Gasteiger partial charge in [0.25, 0.3) is 0 Å². The Morgan fingerprint density at radius 3 is 0.957 bits per heavy atom. The highest BCUT2D eigenvalue weighted by Gasteiger charge is 2.37. The standard InChI is InChI=1S/C28H24I2.2CHF3O3S/c1-28(2)22-7-15-26(16-8-22)29-24-11-3-20(4-12-24)19-21-5-13-25(14-6-21)30-27-17-9-23(28)10-18-27;2*2-1(3,4)8(5,6)7/h3-18H,19H2,1-2H3;2*(H,5,6,7)/q+2;;/p-2. The van der Waals surface area contributed by atoms with Crippen LogP contribution < -0.4 is 42.4 Å². The monoisotopic (exact) mass is 912 g/mol. The zero-order valence-electron chi connectivity index (χ0n) is 23.7. The van der Waals surface area contributed by atoms with E-state index in [0.29, 0.717) is 0 Å². The molecule has 248 valence electrons. The van der Waals surface area contributed by atoms with Gasteiger partial charge in [0.1, 0.15) is 0 Å². The summed E-state index contributed by atoms with van der Waals surface area (Å²) in [6, 6.07) is 37.3. The van der Waals surface area contributed by atoms with Crippen molar-refractivity contribution in [1.29, 1.82) is 0 Å². The van der Waals surface area contributed by atoms with Crippen molar-refractivity contribution in [3.05, 3.63) is 134 Å². The quantitative estimate of drug-likeness (QED) is 0.109. The van der Waals surface area contributed by atoms with Crippen LogP contribution in [0.4, 0.5) is 26.3 Å². The highest BCUT2D eigenvalue weighted by atomic mass is 127. The fraction of sp³-hybridized carbons (Fsp3) is 0.200. The summed E-state index contributed by atoms with van der Waals surface area (Å²) in [6.45, 7) is 4.68. The van der Waals surface area contributed by atoms with Crippen LogP contribution in [0.15, 0.2) is 97.1 Å². The molecule has 4 aromatic carbocycles. The predicted molar refractivity (Wildman–Crippen MR) is 147 cm³/mol. The topological polar surface area (TPSA) is 114 Å². The molecule has 0 N–H and O–H groups in total. The highest BCUT2D eigenvalue weighted by molar-refractivity contribution is 7.86. The first-order valence-corrected chi connectivity index (χ1v) is 19.9. The Balaban J connectivity index is 0.000000299. The second-order valence-corrected chi connectivity index (χ2v) is 18.9. The van der Waals surface area contributed by atoms with Crippen molar-refractivity contribution in [2.75, 3.05) is 0 Å². The smallest absolute Gasteiger partial charge is 0.485 e. The highest BCUT2D eigenvalue weighted by Crippen LogP contribution is 2.30. The van der Waals surface area contributed by atoms with Gasteiger partial charge in [0.05, 0.1) is 0 Å². The van der Waals surface area contributed by atoms with Crippen molar-refractivity contribution in [3.63, 3.8) is 0 Å². The molecule has 7 aliphatic rings. The molecule has 6 nitrogen and oxygen atoms in total. The minimum Gasteiger partial charge on any atom is -0.741 e. The lowest BCUT2D eigenvalue weighted by atomic mass is 9.78. The zero-order chi connectivity index (χ0) is 34.6. The number of rotatable bonds is 0.